The van der Waals surface area contributed by atoms with E-state index in [0.717, 1.165) is 39.3 Å². The van der Waals surface area contributed by atoms with E-state index in [1.165, 1.54) is 22.5 Å². The fourth-order valence-corrected chi connectivity index (χ4v) is 6.32. The molecule has 0 N–H and O–H groups in total. The number of hydrogen-bond acceptors (Lipinski definition) is 6. The number of rotatable bonds is 8. The molecule has 202 valence electrons. The Kier molecular flexibility index (Phi) is 8.47. The second-order valence-corrected chi connectivity index (χ2v) is 12.0. The summed E-state index contributed by atoms with van der Waals surface area (Å²) in [4.78, 5) is 30.3. The van der Waals surface area contributed by atoms with E-state index < -0.39 is 0 Å². The van der Waals surface area contributed by atoms with E-state index in [9.17, 15) is 9.59 Å². The lowest BCUT2D eigenvalue weighted by molar-refractivity contribution is -0.133. The standard InChI is InChI=1S/C30H33N5O2S2/c1-21-8-12-24(13-9-21)28-31-32-30(35(28)25-14-10-22(2)11-15-25)39-19-5-7-27(36)33-16-17-34(23(3)20-33)29(37)26-6-4-18-38-26/h4,6,8-15,18,23H,5,7,16-17,19-20H2,1-3H3. The predicted molar refractivity (Wildman–Crippen MR) is 158 cm³/mol. The zero-order chi connectivity index (χ0) is 27.4. The van der Waals surface area contributed by atoms with Gasteiger partial charge in [-0.1, -0.05) is 65.4 Å². The largest absolute Gasteiger partial charge is 0.339 e. The first-order valence-corrected chi connectivity index (χ1v) is 15.1. The molecule has 0 bridgehead atoms. The minimum absolute atomic E-state index is 0.0000643. The highest BCUT2D eigenvalue weighted by molar-refractivity contribution is 7.99. The van der Waals surface area contributed by atoms with Crippen molar-refractivity contribution >= 4 is 34.9 Å². The summed E-state index contributed by atoms with van der Waals surface area (Å²) < 4.78 is 2.10. The third-order valence-electron chi connectivity index (χ3n) is 6.97. The van der Waals surface area contributed by atoms with Crippen molar-refractivity contribution in [3.8, 4) is 17.1 Å². The van der Waals surface area contributed by atoms with Crippen LogP contribution in [-0.4, -0.2) is 67.8 Å². The SMILES string of the molecule is Cc1ccc(-c2nnc(SCCCC(=O)N3CCN(C(=O)c4cccs4)C(C)C3)n2-c2ccc(C)cc2)cc1. The van der Waals surface area contributed by atoms with Gasteiger partial charge in [0, 0.05) is 49.1 Å². The van der Waals surface area contributed by atoms with Crippen LogP contribution < -0.4 is 0 Å². The molecule has 7 nitrogen and oxygen atoms in total. The molecule has 1 atom stereocenters. The van der Waals surface area contributed by atoms with Gasteiger partial charge in [0.2, 0.25) is 5.91 Å². The van der Waals surface area contributed by atoms with Crippen LogP contribution in [0.25, 0.3) is 17.1 Å². The lowest BCUT2D eigenvalue weighted by Gasteiger charge is -2.39. The molecule has 2 aromatic heterocycles. The maximum atomic E-state index is 13.0. The van der Waals surface area contributed by atoms with Crippen molar-refractivity contribution in [3.05, 3.63) is 82.0 Å². The Morgan fingerprint density at radius 1 is 0.974 bits per heavy atom. The smallest absolute Gasteiger partial charge is 0.264 e. The summed E-state index contributed by atoms with van der Waals surface area (Å²) in [5, 5.41) is 11.8. The number of carbonyl (C=O) groups is 2. The number of hydrogen-bond donors (Lipinski definition) is 0. The van der Waals surface area contributed by atoms with Gasteiger partial charge in [-0.25, -0.2) is 0 Å². The van der Waals surface area contributed by atoms with Gasteiger partial charge in [0.15, 0.2) is 11.0 Å². The van der Waals surface area contributed by atoms with Gasteiger partial charge < -0.3 is 9.80 Å². The number of aromatic nitrogens is 3. The molecule has 0 radical (unpaired) electrons. The lowest BCUT2D eigenvalue weighted by Crippen LogP contribution is -2.55. The van der Waals surface area contributed by atoms with Crippen LogP contribution in [0.4, 0.5) is 0 Å². The van der Waals surface area contributed by atoms with Gasteiger partial charge in [0.05, 0.1) is 4.88 Å². The van der Waals surface area contributed by atoms with Crippen LogP contribution in [0.15, 0.2) is 71.2 Å². The molecular formula is C30H33N5O2S2. The number of benzene rings is 2. The maximum absolute atomic E-state index is 13.0. The van der Waals surface area contributed by atoms with Gasteiger partial charge in [-0.3, -0.25) is 14.2 Å². The van der Waals surface area contributed by atoms with E-state index in [-0.39, 0.29) is 17.9 Å². The van der Waals surface area contributed by atoms with Crippen LogP contribution in [0.1, 0.15) is 40.6 Å². The molecule has 0 saturated carbocycles. The summed E-state index contributed by atoms with van der Waals surface area (Å²) in [6.45, 7) is 7.89. The molecule has 0 aliphatic carbocycles. The molecule has 1 aliphatic rings. The molecule has 3 heterocycles. The van der Waals surface area contributed by atoms with E-state index in [2.05, 4.69) is 77.1 Å². The molecule has 2 amide bonds. The molecule has 0 spiro atoms. The first-order valence-electron chi connectivity index (χ1n) is 13.3. The number of aryl methyl sites for hydroxylation is 2. The Morgan fingerprint density at radius 2 is 1.69 bits per heavy atom. The number of nitrogens with zero attached hydrogens (tertiary/aromatic N) is 5. The third kappa shape index (κ3) is 6.25. The van der Waals surface area contributed by atoms with Gasteiger partial charge in [0.25, 0.3) is 5.91 Å². The molecule has 9 heteroatoms. The molecule has 1 unspecified atom stereocenters. The van der Waals surface area contributed by atoms with E-state index in [1.807, 2.05) is 34.2 Å². The highest BCUT2D eigenvalue weighted by Gasteiger charge is 2.30. The van der Waals surface area contributed by atoms with E-state index >= 15 is 0 Å². The monoisotopic (exact) mass is 559 g/mol. The Labute approximate surface area is 237 Å². The average Bonchev–Trinajstić information content (AvgIpc) is 3.62. The van der Waals surface area contributed by atoms with Crippen molar-refractivity contribution in [1.29, 1.82) is 0 Å². The fourth-order valence-electron chi connectivity index (χ4n) is 4.75. The fraction of sp³-hybridized carbons (Fsp3) is 0.333. The quantitative estimate of drug-likeness (QED) is 0.200. The Morgan fingerprint density at radius 3 is 2.36 bits per heavy atom. The van der Waals surface area contributed by atoms with Gasteiger partial charge in [0.1, 0.15) is 0 Å². The minimum atomic E-state index is -0.0000643. The second-order valence-electron chi connectivity index (χ2n) is 9.96. The molecule has 1 fully saturated rings. The van der Waals surface area contributed by atoms with Crippen molar-refractivity contribution in [2.24, 2.45) is 0 Å². The lowest BCUT2D eigenvalue weighted by atomic mass is 10.1. The van der Waals surface area contributed by atoms with Crippen LogP contribution in [0, 0.1) is 13.8 Å². The van der Waals surface area contributed by atoms with Crippen LogP contribution in [0.2, 0.25) is 0 Å². The zero-order valence-electron chi connectivity index (χ0n) is 22.5. The van der Waals surface area contributed by atoms with Gasteiger partial charge in [-0.2, -0.15) is 0 Å². The van der Waals surface area contributed by atoms with Gasteiger partial charge in [-0.05, 0) is 50.8 Å². The van der Waals surface area contributed by atoms with Crippen molar-refractivity contribution in [2.75, 3.05) is 25.4 Å². The van der Waals surface area contributed by atoms with Crippen LogP contribution in [0.5, 0.6) is 0 Å². The maximum Gasteiger partial charge on any atom is 0.264 e. The van der Waals surface area contributed by atoms with Gasteiger partial charge >= 0.3 is 0 Å². The van der Waals surface area contributed by atoms with Crippen molar-refractivity contribution in [1.82, 2.24) is 24.6 Å². The van der Waals surface area contributed by atoms with Crippen LogP contribution in [0.3, 0.4) is 0 Å². The highest BCUT2D eigenvalue weighted by atomic mass is 32.2. The molecule has 1 saturated heterocycles. The minimum Gasteiger partial charge on any atom is -0.339 e. The average molecular weight is 560 g/mol. The first-order chi connectivity index (χ1) is 18.9. The number of thiophene rings is 1. The Bertz CT molecular complexity index is 1410. The predicted octanol–water partition coefficient (Wildman–Crippen LogP) is 5.86. The van der Waals surface area contributed by atoms with Gasteiger partial charge in [-0.15, -0.1) is 21.5 Å². The molecule has 2 aromatic carbocycles. The third-order valence-corrected chi connectivity index (χ3v) is 8.85. The van der Waals surface area contributed by atoms with E-state index in [4.69, 9.17) is 0 Å². The summed E-state index contributed by atoms with van der Waals surface area (Å²) in [6.07, 6.45) is 1.22. The summed E-state index contributed by atoms with van der Waals surface area (Å²) in [6, 6.07) is 20.4. The van der Waals surface area contributed by atoms with Crippen LogP contribution >= 0.6 is 23.1 Å². The summed E-state index contributed by atoms with van der Waals surface area (Å²) in [7, 11) is 0. The normalized spacial score (nSPS) is 15.5. The number of piperazine rings is 1. The van der Waals surface area contributed by atoms with E-state index in [0.29, 0.717) is 26.1 Å². The van der Waals surface area contributed by atoms with Crippen molar-refractivity contribution in [3.63, 3.8) is 0 Å². The molecule has 5 rings (SSSR count). The highest BCUT2D eigenvalue weighted by Crippen LogP contribution is 2.29. The van der Waals surface area contributed by atoms with Crippen LogP contribution in [-0.2, 0) is 4.79 Å². The zero-order valence-corrected chi connectivity index (χ0v) is 24.2. The molecule has 4 aromatic rings. The Balaban J connectivity index is 1.19. The van der Waals surface area contributed by atoms with Crippen molar-refractivity contribution in [2.45, 2.75) is 44.8 Å². The second kappa shape index (κ2) is 12.2. The topological polar surface area (TPSA) is 71.3 Å². The van der Waals surface area contributed by atoms with E-state index in [1.54, 1.807) is 11.8 Å². The first kappa shape index (κ1) is 27.1. The molecule has 39 heavy (non-hydrogen) atoms. The summed E-state index contributed by atoms with van der Waals surface area (Å²) in [5.41, 5.74) is 4.43. The Hall–Kier alpha value is -3.43. The summed E-state index contributed by atoms with van der Waals surface area (Å²) in [5.74, 6) is 1.77. The van der Waals surface area contributed by atoms with Crippen molar-refractivity contribution < 1.29 is 9.59 Å². The number of carbonyl (C=O) groups excluding carboxylic acids is 2. The number of amides is 2. The number of thioether (sulfide) groups is 1. The molecule has 1 aliphatic heterocycles. The molecular weight excluding hydrogens is 526 g/mol. The summed E-state index contributed by atoms with van der Waals surface area (Å²) >= 11 is 3.08.